The Morgan fingerprint density at radius 2 is 1.75 bits per heavy atom. The highest BCUT2D eigenvalue weighted by molar-refractivity contribution is 5.78. The van der Waals surface area contributed by atoms with Crippen LogP contribution in [0.15, 0.2) is 36.5 Å². The van der Waals surface area contributed by atoms with Gasteiger partial charge in [-0.25, -0.2) is 9.97 Å². The number of methoxy groups -OCH3 is 2. The Bertz CT molecular complexity index is 913. The van der Waals surface area contributed by atoms with Crippen molar-refractivity contribution >= 4 is 5.95 Å². The monoisotopic (exact) mass is 436 g/mol. The van der Waals surface area contributed by atoms with Crippen molar-refractivity contribution in [2.45, 2.75) is 38.0 Å². The number of hydrogen-bond acceptors (Lipinski definition) is 6. The van der Waals surface area contributed by atoms with Crippen LogP contribution in [0, 0.1) is 5.92 Å². The topological polar surface area (TPSA) is 50.7 Å². The molecule has 6 heteroatoms. The molecule has 1 aliphatic carbocycles. The van der Waals surface area contributed by atoms with E-state index in [1.807, 2.05) is 43.4 Å². The van der Waals surface area contributed by atoms with E-state index >= 15 is 0 Å². The molecule has 0 unspecified atom stereocenters. The number of allylic oxidation sites excluding steroid dienone is 2. The van der Waals surface area contributed by atoms with E-state index < -0.39 is 0 Å². The minimum absolute atomic E-state index is 0.392. The van der Waals surface area contributed by atoms with E-state index in [1.54, 1.807) is 14.2 Å². The molecule has 32 heavy (non-hydrogen) atoms. The van der Waals surface area contributed by atoms with Crippen LogP contribution in [0.2, 0.25) is 0 Å². The molecule has 2 aliphatic rings. The van der Waals surface area contributed by atoms with Gasteiger partial charge in [0.15, 0.2) is 0 Å². The Labute approximate surface area is 192 Å². The molecule has 0 amide bonds. The standard InChI is InChI=1S/C26H36N4O2/c1-29(2)26-27-17-21(24-22(31-3)11-8-12-23(24)32-4)25(28-26)20-13-15-30(16-14-20)18-19-9-6-5-7-10-19/h5-6,8,11-12,17,19-20H,7,9-10,13-16,18H2,1-4H3/t19-/m0/s1. The van der Waals surface area contributed by atoms with Crippen LogP contribution >= 0.6 is 0 Å². The van der Waals surface area contributed by atoms with Crippen LogP contribution in [0.4, 0.5) is 5.95 Å². The fourth-order valence-corrected chi connectivity index (χ4v) is 5.00. The second-order valence-electron chi connectivity index (χ2n) is 9.13. The third-order valence-electron chi connectivity index (χ3n) is 6.77. The van der Waals surface area contributed by atoms with E-state index in [2.05, 4.69) is 22.0 Å². The van der Waals surface area contributed by atoms with Crippen LogP contribution in [0.3, 0.4) is 0 Å². The first kappa shape index (κ1) is 22.6. The first-order chi connectivity index (χ1) is 15.6. The van der Waals surface area contributed by atoms with Crippen LogP contribution in [0.1, 0.15) is 43.7 Å². The number of piperidine rings is 1. The Balaban J connectivity index is 1.61. The van der Waals surface area contributed by atoms with Gasteiger partial charge in [-0.3, -0.25) is 0 Å². The molecule has 0 saturated carbocycles. The molecule has 0 radical (unpaired) electrons. The maximum absolute atomic E-state index is 5.70. The summed E-state index contributed by atoms with van der Waals surface area (Å²) in [5, 5.41) is 0. The molecule has 2 heterocycles. The fraction of sp³-hybridized carbons (Fsp3) is 0.538. The van der Waals surface area contributed by atoms with Gasteiger partial charge in [-0.1, -0.05) is 18.2 Å². The van der Waals surface area contributed by atoms with Gasteiger partial charge in [0.25, 0.3) is 0 Å². The van der Waals surface area contributed by atoms with E-state index in [0.717, 1.165) is 66.1 Å². The largest absolute Gasteiger partial charge is 0.496 e. The summed E-state index contributed by atoms with van der Waals surface area (Å²) in [5.74, 6) is 3.52. The predicted octanol–water partition coefficient (Wildman–Crippen LogP) is 4.76. The number of anilines is 1. The maximum Gasteiger partial charge on any atom is 0.225 e. The highest BCUT2D eigenvalue weighted by Crippen LogP contribution is 2.43. The molecule has 0 N–H and O–H groups in total. The lowest BCUT2D eigenvalue weighted by atomic mass is 9.87. The second kappa shape index (κ2) is 10.3. The minimum Gasteiger partial charge on any atom is -0.496 e. The van der Waals surface area contributed by atoms with Gasteiger partial charge in [-0.15, -0.1) is 0 Å². The van der Waals surface area contributed by atoms with Gasteiger partial charge >= 0.3 is 0 Å². The second-order valence-corrected chi connectivity index (χ2v) is 9.13. The van der Waals surface area contributed by atoms with Gasteiger partial charge < -0.3 is 19.3 Å². The van der Waals surface area contributed by atoms with E-state index in [4.69, 9.17) is 14.5 Å². The van der Waals surface area contributed by atoms with Crippen molar-refractivity contribution in [3.8, 4) is 22.6 Å². The summed E-state index contributed by atoms with van der Waals surface area (Å²) in [6, 6.07) is 5.90. The first-order valence-electron chi connectivity index (χ1n) is 11.7. The third kappa shape index (κ3) is 4.90. The fourth-order valence-electron chi connectivity index (χ4n) is 5.00. The van der Waals surface area contributed by atoms with Crippen molar-refractivity contribution in [3.63, 3.8) is 0 Å². The molecule has 4 rings (SSSR count). The molecule has 1 atom stereocenters. The highest BCUT2D eigenvalue weighted by atomic mass is 16.5. The number of rotatable bonds is 7. The van der Waals surface area contributed by atoms with Crippen molar-refractivity contribution in [3.05, 3.63) is 42.2 Å². The van der Waals surface area contributed by atoms with Gasteiger partial charge in [0.1, 0.15) is 11.5 Å². The summed E-state index contributed by atoms with van der Waals surface area (Å²) < 4.78 is 11.4. The molecule has 2 aromatic rings. The Morgan fingerprint density at radius 3 is 2.34 bits per heavy atom. The average molecular weight is 437 g/mol. The molecular weight excluding hydrogens is 400 g/mol. The van der Waals surface area contributed by atoms with Crippen LogP contribution in [0.25, 0.3) is 11.1 Å². The van der Waals surface area contributed by atoms with Gasteiger partial charge in [-0.05, 0) is 63.2 Å². The molecule has 0 bridgehead atoms. The number of likely N-dealkylation sites (tertiary alicyclic amines) is 1. The molecule has 172 valence electrons. The lowest BCUT2D eigenvalue weighted by molar-refractivity contribution is 0.177. The zero-order valence-corrected chi connectivity index (χ0v) is 19.9. The Hall–Kier alpha value is -2.60. The summed E-state index contributed by atoms with van der Waals surface area (Å²) in [6.45, 7) is 3.46. The lowest BCUT2D eigenvalue weighted by Crippen LogP contribution is -2.37. The average Bonchev–Trinajstić information content (AvgIpc) is 2.84. The van der Waals surface area contributed by atoms with Crippen LogP contribution in [-0.2, 0) is 0 Å². The van der Waals surface area contributed by atoms with Crippen molar-refractivity contribution in [2.75, 3.05) is 52.8 Å². The summed E-state index contributed by atoms with van der Waals surface area (Å²) in [7, 11) is 7.38. The van der Waals surface area contributed by atoms with Crippen molar-refractivity contribution in [1.29, 1.82) is 0 Å². The molecule has 1 aromatic heterocycles. The third-order valence-corrected chi connectivity index (χ3v) is 6.77. The van der Waals surface area contributed by atoms with Crippen molar-refractivity contribution in [2.24, 2.45) is 5.92 Å². The summed E-state index contributed by atoms with van der Waals surface area (Å²) in [6.07, 6.45) is 12.6. The van der Waals surface area contributed by atoms with Gasteiger partial charge in [-0.2, -0.15) is 0 Å². The van der Waals surface area contributed by atoms with Gasteiger partial charge in [0.2, 0.25) is 5.95 Å². The Kier molecular flexibility index (Phi) is 7.30. The van der Waals surface area contributed by atoms with E-state index in [9.17, 15) is 0 Å². The van der Waals surface area contributed by atoms with Crippen LogP contribution in [0.5, 0.6) is 11.5 Å². The van der Waals surface area contributed by atoms with E-state index in [1.165, 1.54) is 25.8 Å². The summed E-state index contributed by atoms with van der Waals surface area (Å²) >= 11 is 0. The summed E-state index contributed by atoms with van der Waals surface area (Å²) in [5.41, 5.74) is 3.06. The van der Waals surface area contributed by atoms with Gasteiger partial charge in [0, 0.05) is 38.3 Å². The van der Waals surface area contributed by atoms with E-state index in [-0.39, 0.29) is 0 Å². The predicted molar refractivity (Wildman–Crippen MR) is 130 cm³/mol. The Morgan fingerprint density at radius 1 is 1.03 bits per heavy atom. The number of aromatic nitrogens is 2. The first-order valence-corrected chi connectivity index (χ1v) is 11.7. The SMILES string of the molecule is COc1cccc(OC)c1-c1cnc(N(C)C)nc1C1CCN(C[C@H]2CC=CCC2)CC1. The summed E-state index contributed by atoms with van der Waals surface area (Å²) in [4.78, 5) is 14.3. The van der Waals surface area contributed by atoms with Crippen LogP contribution in [-0.4, -0.2) is 62.8 Å². The van der Waals surface area contributed by atoms with Crippen molar-refractivity contribution in [1.82, 2.24) is 14.9 Å². The highest BCUT2D eigenvalue weighted by Gasteiger charge is 2.28. The minimum atomic E-state index is 0.392. The molecule has 6 nitrogen and oxygen atoms in total. The molecular formula is C26H36N4O2. The number of benzene rings is 1. The van der Waals surface area contributed by atoms with E-state index in [0.29, 0.717) is 5.92 Å². The zero-order valence-electron chi connectivity index (χ0n) is 19.9. The number of ether oxygens (including phenoxy) is 2. The molecule has 1 fully saturated rings. The molecule has 1 aromatic carbocycles. The lowest BCUT2D eigenvalue weighted by Gasteiger charge is -2.35. The van der Waals surface area contributed by atoms with Crippen molar-refractivity contribution < 1.29 is 9.47 Å². The maximum atomic E-state index is 5.70. The quantitative estimate of drug-likeness (QED) is 0.583. The molecule has 1 aliphatic heterocycles. The molecule has 0 spiro atoms. The number of nitrogens with zero attached hydrogens (tertiary/aromatic N) is 4. The normalized spacial score (nSPS) is 19.7. The zero-order chi connectivity index (χ0) is 22.5. The smallest absolute Gasteiger partial charge is 0.225 e. The van der Waals surface area contributed by atoms with Crippen LogP contribution < -0.4 is 14.4 Å². The molecule has 1 saturated heterocycles. The van der Waals surface area contributed by atoms with Gasteiger partial charge in [0.05, 0.1) is 25.5 Å². The number of hydrogen-bond donors (Lipinski definition) is 0.